The lowest BCUT2D eigenvalue weighted by Gasteiger charge is -2.08. The van der Waals surface area contributed by atoms with Crippen molar-refractivity contribution in [3.8, 4) is 11.6 Å². The van der Waals surface area contributed by atoms with E-state index in [2.05, 4.69) is 25.6 Å². The first-order valence-corrected chi connectivity index (χ1v) is 8.55. The van der Waals surface area contributed by atoms with Crippen molar-refractivity contribution >= 4 is 11.7 Å². The number of nitrogens with one attached hydrogen (secondary N) is 2. The molecular weight excluding hydrogens is 332 g/mol. The normalized spacial score (nSPS) is 14.8. The minimum atomic E-state index is -0.365. The largest absolute Gasteiger partial charge is 0.497 e. The fourth-order valence-electron chi connectivity index (χ4n) is 2.73. The second-order valence-electron chi connectivity index (χ2n) is 6.47. The van der Waals surface area contributed by atoms with Crippen LogP contribution in [0.1, 0.15) is 42.9 Å². The Hall–Kier alpha value is -3.16. The molecule has 1 amide bonds. The number of H-pyrrole nitrogens is 1. The van der Waals surface area contributed by atoms with Gasteiger partial charge >= 0.3 is 0 Å². The van der Waals surface area contributed by atoms with E-state index in [0.717, 1.165) is 11.3 Å². The molecular formula is C18H20N6O2. The Bertz CT molecular complexity index is 927. The molecule has 8 heteroatoms. The summed E-state index contributed by atoms with van der Waals surface area (Å²) in [6.07, 6.45) is 7.49. The maximum absolute atomic E-state index is 12.5. The highest BCUT2D eigenvalue weighted by Crippen LogP contribution is 2.39. The quantitative estimate of drug-likeness (QED) is 0.711. The molecule has 0 bridgehead atoms. The van der Waals surface area contributed by atoms with Crippen molar-refractivity contribution in [2.75, 3.05) is 12.4 Å². The van der Waals surface area contributed by atoms with Crippen LogP contribution in [0, 0.1) is 0 Å². The van der Waals surface area contributed by atoms with Crippen LogP contribution in [-0.4, -0.2) is 38.0 Å². The molecule has 0 radical (unpaired) electrons. The van der Waals surface area contributed by atoms with E-state index in [-0.39, 0.29) is 11.8 Å². The van der Waals surface area contributed by atoms with Crippen LogP contribution in [0.5, 0.6) is 5.75 Å². The predicted octanol–water partition coefficient (Wildman–Crippen LogP) is 2.62. The van der Waals surface area contributed by atoms with Gasteiger partial charge in [-0.05, 0) is 25.8 Å². The molecule has 0 aliphatic heterocycles. The molecule has 1 saturated carbocycles. The number of carbonyl (C=O) groups excluding carboxylic acids is 1. The number of aromatic nitrogens is 5. The van der Waals surface area contributed by atoms with Crippen molar-refractivity contribution < 1.29 is 9.53 Å². The van der Waals surface area contributed by atoms with Crippen molar-refractivity contribution in [1.82, 2.24) is 25.0 Å². The molecule has 2 N–H and O–H groups in total. The van der Waals surface area contributed by atoms with Gasteiger partial charge in [-0.2, -0.15) is 10.2 Å². The molecule has 3 aromatic heterocycles. The third kappa shape index (κ3) is 3.30. The second kappa shape index (κ2) is 6.62. The number of carbonyl (C=O) groups is 1. The zero-order chi connectivity index (χ0) is 18.1. The van der Waals surface area contributed by atoms with E-state index in [1.807, 2.05) is 13.0 Å². The Morgan fingerprint density at radius 1 is 1.42 bits per heavy atom. The van der Waals surface area contributed by atoms with Gasteiger partial charge in [-0.3, -0.25) is 9.89 Å². The van der Waals surface area contributed by atoms with Gasteiger partial charge in [-0.1, -0.05) is 0 Å². The van der Waals surface area contributed by atoms with Gasteiger partial charge in [-0.25, -0.2) is 9.67 Å². The average molecular weight is 352 g/mol. The monoisotopic (exact) mass is 352 g/mol. The summed E-state index contributed by atoms with van der Waals surface area (Å²) in [5, 5.41) is 14.3. The van der Waals surface area contributed by atoms with Crippen LogP contribution >= 0.6 is 0 Å². The smallest absolute Gasteiger partial charge is 0.232 e. The Kier molecular flexibility index (Phi) is 4.16. The summed E-state index contributed by atoms with van der Waals surface area (Å²) in [6, 6.07) is 5.46. The Morgan fingerprint density at radius 3 is 3.04 bits per heavy atom. The van der Waals surface area contributed by atoms with E-state index in [9.17, 15) is 4.79 Å². The minimum absolute atomic E-state index is 0.128. The van der Waals surface area contributed by atoms with Crippen LogP contribution < -0.4 is 10.1 Å². The number of nitrogens with zero attached hydrogens (tertiary/aromatic N) is 4. The fourth-order valence-corrected chi connectivity index (χ4v) is 2.73. The Labute approximate surface area is 150 Å². The SMILES string of the molecule is COc1ccnc(-n2cc(C(C)C(=O)Nc3cc(C4CC4)[nH]n3)cn2)c1. The Balaban J connectivity index is 1.46. The highest BCUT2D eigenvalue weighted by atomic mass is 16.5. The van der Waals surface area contributed by atoms with E-state index in [1.54, 1.807) is 42.5 Å². The van der Waals surface area contributed by atoms with Crippen molar-refractivity contribution in [1.29, 1.82) is 0 Å². The number of aromatic amines is 1. The number of amides is 1. The molecule has 1 unspecified atom stereocenters. The first-order chi connectivity index (χ1) is 12.6. The van der Waals surface area contributed by atoms with Gasteiger partial charge in [0.05, 0.1) is 19.2 Å². The van der Waals surface area contributed by atoms with E-state index in [4.69, 9.17) is 4.74 Å². The van der Waals surface area contributed by atoms with Gasteiger partial charge in [0.1, 0.15) is 5.75 Å². The van der Waals surface area contributed by atoms with Crippen LogP contribution in [0.2, 0.25) is 0 Å². The standard InChI is InChI=1S/C18H20N6O2/c1-11(18(25)21-16-8-15(22-23-16)12-3-4-12)13-9-20-24(10-13)17-7-14(26-2)5-6-19-17/h5-12H,3-4H2,1-2H3,(H2,21,22,23,25). The van der Waals surface area contributed by atoms with Crippen molar-refractivity contribution in [3.63, 3.8) is 0 Å². The zero-order valence-electron chi connectivity index (χ0n) is 14.6. The first-order valence-electron chi connectivity index (χ1n) is 8.55. The third-order valence-electron chi connectivity index (χ3n) is 4.55. The minimum Gasteiger partial charge on any atom is -0.497 e. The van der Waals surface area contributed by atoms with E-state index in [0.29, 0.717) is 23.3 Å². The van der Waals surface area contributed by atoms with Gasteiger partial charge in [0.15, 0.2) is 11.6 Å². The van der Waals surface area contributed by atoms with Gasteiger partial charge in [0.2, 0.25) is 5.91 Å². The summed E-state index contributed by atoms with van der Waals surface area (Å²) < 4.78 is 6.83. The van der Waals surface area contributed by atoms with Gasteiger partial charge < -0.3 is 10.1 Å². The number of methoxy groups -OCH3 is 1. The highest BCUT2D eigenvalue weighted by molar-refractivity contribution is 5.94. The summed E-state index contributed by atoms with van der Waals surface area (Å²) in [5.74, 6) is 1.96. The highest BCUT2D eigenvalue weighted by Gasteiger charge is 2.26. The molecule has 4 rings (SSSR count). The molecule has 26 heavy (non-hydrogen) atoms. The van der Waals surface area contributed by atoms with Gasteiger partial charge in [-0.15, -0.1) is 0 Å². The predicted molar refractivity (Wildman–Crippen MR) is 95.5 cm³/mol. The molecule has 0 spiro atoms. The molecule has 1 atom stereocenters. The number of hydrogen-bond acceptors (Lipinski definition) is 5. The van der Waals surface area contributed by atoms with Crippen LogP contribution in [0.3, 0.4) is 0 Å². The second-order valence-corrected chi connectivity index (χ2v) is 6.47. The summed E-state index contributed by atoms with van der Waals surface area (Å²) in [5.41, 5.74) is 1.88. The maximum Gasteiger partial charge on any atom is 0.232 e. The average Bonchev–Trinajstić information content (AvgIpc) is 3.21. The van der Waals surface area contributed by atoms with Crippen molar-refractivity contribution in [2.24, 2.45) is 0 Å². The summed E-state index contributed by atoms with van der Waals surface area (Å²) in [7, 11) is 1.60. The number of rotatable bonds is 6. The molecule has 134 valence electrons. The van der Waals surface area contributed by atoms with Crippen LogP contribution in [0.25, 0.3) is 5.82 Å². The zero-order valence-corrected chi connectivity index (χ0v) is 14.6. The topological polar surface area (TPSA) is 97.7 Å². The molecule has 8 nitrogen and oxygen atoms in total. The summed E-state index contributed by atoms with van der Waals surface area (Å²) >= 11 is 0. The molecule has 0 saturated heterocycles. The van der Waals surface area contributed by atoms with Crippen LogP contribution in [0.4, 0.5) is 5.82 Å². The van der Waals surface area contributed by atoms with Crippen molar-refractivity contribution in [2.45, 2.75) is 31.6 Å². The number of pyridine rings is 1. The lowest BCUT2D eigenvalue weighted by molar-refractivity contribution is -0.117. The first kappa shape index (κ1) is 16.3. The van der Waals surface area contributed by atoms with Gasteiger partial charge in [0.25, 0.3) is 0 Å². The van der Waals surface area contributed by atoms with Crippen LogP contribution in [-0.2, 0) is 4.79 Å². The number of hydrogen-bond donors (Lipinski definition) is 2. The van der Waals surface area contributed by atoms with Gasteiger partial charge in [0, 0.05) is 41.7 Å². The molecule has 0 aromatic carbocycles. The van der Waals surface area contributed by atoms with Crippen LogP contribution in [0.15, 0.2) is 36.8 Å². The fraction of sp³-hybridized carbons (Fsp3) is 0.333. The third-order valence-corrected chi connectivity index (χ3v) is 4.55. The summed E-state index contributed by atoms with van der Waals surface area (Å²) in [6.45, 7) is 1.84. The maximum atomic E-state index is 12.5. The van der Waals surface area contributed by atoms with Crippen molar-refractivity contribution in [3.05, 3.63) is 48.0 Å². The summed E-state index contributed by atoms with van der Waals surface area (Å²) in [4.78, 5) is 16.8. The molecule has 1 aliphatic rings. The molecule has 3 aromatic rings. The van der Waals surface area contributed by atoms with E-state index in [1.165, 1.54) is 12.8 Å². The number of ether oxygens (including phenoxy) is 1. The number of anilines is 1. The molecule has 1 fully saturated rings. The lowest BCUT2D eigenvalue weighted by atomic mass is 10.0. The van der Waals surface area contributed by atoms with E-state index < -0.39 is 0 Å². The lowest BCUT2D eigenvalue weighted by Crippen LogP contribution is -2.18. The molecule has 3 heterocycles. The molecule has 1 aliphatic carbocycles. The Morgan fingerprint density at radius 2 is 2.27 bits per heavy atom. The van der Waals surface area contributed by atoms with E-state index >= 15 is 0 Å².